The second-order valence-corrected chi connectivity index (χ2v) is 7.08. The summed E-state index contributed by atoms with van der Waals surface area (Å²) < 4.78 is 6.37. The lowest BCUT2D eigenvalue weighted by molar-refractivity contribution is -0.0626. The highest BCUT2D eigenvalue weighted by atomic mass is 16.5. The van der Waals surface area contributed by atoms with E-state index < -0.39 is 0 Å². The highest BCUT2D eigenvalue weighted by Gasteiger charge is 2.31. The summed E-state index contributed by atoms with van der Waals surface area (Å²) in [5.74, 6) is -0.0179. The molecule has 1 saturated heterocycles. The Bertz CT molecular complexity index is 921. The summed E-state index contributed by atoms with van der Waals surface area (Å²) in [5.41, 5.74) is 2.82. The molecule has 0 bridgehead atoms. The molecule has 1 aliphatic rings. The summed E-state index contributed by atoms with van der Waals surface area (Å²) in [5, 5.41) is 4.33. The van der Waals surface area contributed by atoms with Crippen LogP contribution in [0.15, 0.2) is 66.9 Å². The Hall–Kier alpha value is -2.72. The average Bonchev–Trinajstić information content (AvgIpc) is 2.73. The fourth-order valence-corrected chi connectivity index (χ4v) is 3.85. The van der Waals surface area contributed by atoms with Crippen LogP contribution in [0.25, 0.3) is 10.9 Å². The Morgan fingerprint density at radius 2 is 1.85 bits per heavy atom. The van der Waals surface area contributed by atoms with Crippen LogP contribution in [0.2, 0.25) is 0 Å². The first-order valence-corrected chi connectivity index (χ1v) is 9.59. The van der Waals surface area contributed by atoms with Crippen LogP contribution in [-0.2, 0) is 4.74 Å². The van der Waals surface area contributed by atoms with Gasteiger partial charge < -0.3 is 10.1 Å². The minimum Gasteiger partial charge on any atom is -0.370 e. The first-order valence-electron chi connectivity index (χ1n) is 9.59. The first kappa shape index (κ1) is 17.7. The Morgan fingerprint density at radius 3 is 2.67 bits per heavy atom. The standard InChI is InChI=1S/C23H24N2O2/c1-2-18-14-17(25-23(26)16-8-4-3-5-9-16)15-22(27-18)20-12-13-24-21-11-7-6-10-19(20)21/h3-13,17-18,22H,2,14-15H2,1H3,(H,25,26)/t17-,18+,22+/m1/s1. The van der Waals surface area contributed by atoms with E-state index in [1.54, 1.807) is 0 Å². The average molecular weight is 360 g/mol. The van der Waals surface area contributed by atoms with Crippen LogP contribution in [0.4, 0.5) is 0 Å². The minimum absolute atomic E-state index is 0.0179. The molecule has 0 saturated carbocycles. The van der Waals surface area contributed by atoms with E-state index >= 15 is 0 Å². The topological polar surface area (TPSA) is 51.2 Å². The van der Waals surface area contributed by atoms with Crippen LogP contribution in [0.1, 0.15) is 48.2 Å². The zero-order chi connectivity index (χ0) is 18.6. The smallest absolute Gasteiger partial charge is 0.251 e. The maximum atomic E-state index is 12.6. The summed E-state index contributed by atoms with van der Waals surface area (Å²) >= 11 is 0. The van der Waals surface area contributed by atoms with Crippen LogP contribution in [0, 0.1) is 0 Å². The number of para-hydroxylation sites is 1. The third-order valence-corrected chi connectivity index (χ3v) is 5.26. The zero-order valence-electron chi connectivity index (χ0n) is 15.5. The van der Waals surface area contributed by atoms with Gasteiger partial charge in [-0.1, -0.05) is 43.3 Å². The Balaban J connectivity index is 1.58. The number of aromatic nitrogens is 1. The molecule has 1 N–H and O–H groups in total. The van der Waals surface area contributed by atoms with Gasteiger partial charge in [0.15, 0.2) is 0 Å². The van der Waals surface area contributed by atoms with Gasteiger partial charge in [-0.2, -0.15) is 0 Å². The molecule has 0 unspecified atom stereocenters. The number of ether oxygens (including phenoxy) is 1. The molecule has 3 aromatic rings. The van der Waals surface area contributed by atoms with Gasteiger partial charge in [0.25, 0.3) is 5.91 Å². The van der Waals surface area contributed by atoms with Gasteiger partial charge in [-0.3, -0.25) is 9.78 Å². The fourth-order valence-electron chi connectivity index (χ4n) is 3.85. The number of amides is 1. The zero-order valence-corrected chi connectivity index (χ0v) is 15.5. The number of hydrogen-bond donors (Lipinski definition) is 1. The van der Waals surface area contributed by atoms with Gasteiger partial charge in [0.1, 0.15) is 0 Å². The van der Waals surface area contributed by atoms with Crippen LogP contribution in [0.3, 0.4) is 0 Å². The van der Waals surface area contributed by atoms with E-state index in [1.165, 1.54) is 0 Å². The molecule has 1 aliphatic heterocycles. The quantitative estimate of drug-likeness (QED) is 0.736. The SMILES string of the molecule is CC[C@H]1C[C@@H](NC(=O)c2ccccc2)C[C@@H](c2ccnc3ccccc23)O1. The molecule has 4 heteroatoms. The summed E-state index contributed by atoms with van der Waals surface area (Å²) in [6, 6.07) is 19.7. The van der Waals surface area contributed by atoms with Crippen molar-refractivity contribution in [2.75, 3.05) is 0 Å². The van der Waals surface area contributed by atoms with Crippen molar-refractivity contribution < 1.29 is 9.53 Å². The lowest BCUT2D eigenvalue weighted by Crippen LogP contribution is -2.43. The summed E-state index contributed by atoms with van der Waals surface area (Å²) in [4.78, 5) is 17.1. The van der Waals surface area contributed by atoms with Crippen molar-refractivity contribution in [2.45, 2.75) is 44.4 Å². The molecule has 27 heavy (non-hydrogen) atoms. The van der Waals surface area contributed by atoms with E-state index in [9.17, 15) is 4.79 Å². The number of rotatable bonds is 4. The number of benzene rings is 2. The van der Waals surface area contributed by atoms with Crippen LogP contribution in [-0.4, -0.2) is 23.0 Å². The number of nitrogens with one attached hydrogen (secondary N) is 1. The molecule has 1 fully saturated rings. The minimum atomic E-state index is -0.0438. The number of fused-ring (bicyclic) bond motifs is 1. The maximum Gasteiger partial charge on any atom is 0.251 e. The number of pyridine rings is 1. The van der Waals surface area contributed by atoms with E-state index in [4.69, 9.17) is 4.74 Å². The largest absolute Gasteiger partial charge is 0.370 e. The van der Waals surface area contributed by atoms with Gasteiger partial charge >= 0.3 is 0 Å². The van der Waals surface area contributed by atoms with Gasteiger partial charge in [-0.15, -0.1) is 0 Å². The molecule has 4 nitrogen and oxygen atoms in total. The number of nitrogens with zero attached hydrogens (tertiary/aromatic N) is 1. The molecule has 138 valence electrons. The predicted octanol–water partition coefficient (Wildman–Crippen LogP) is 4.66. The van der Waals surface area contributed by atoms with Crippen LogP contribution in [0.5, 0.6) is 0 Å². The van der Waals surface area contributed by atoms with Gasteiger partial charge in [0.2, 0.25) is 0 Å². The fraction of sp³-hybridized carbons (Fsp3) is 0.304. The van der Waals surface area contributed by atoms with Crippen molar-refractivity contribution in [1.29, 1.82) is 0 Å². The lowest BCUT2D eigenvalue weighted by Gasteiger charge is -2.36. The van der Waals surface area contributed by atoms with Crippen LogP contribution >= 0.6 is 0 Å². The van der Waals surface area contributed by atoms with E-state index in [1.807, 2.05) is 60.8 Å². The molecule has 0 spiro atoms. The van der Waals surface area contributed by atoms with Crippen molar-refractivity contribution in [3.05, 3.63) is 78.0 Å². The molecule has 4 rings (SSSR count). The van der Waals surface area contributed by atoms with Gasteiger partial charge in [0, 0.05) is 23.2 Å². The molecular formula is C23H24N2O2. The van der Waals surface area contributed by atoms with Crippen molar-refractivity contribution in [3.8, 4) is 0 Å². The second kappa shape index (κ2) is 7.89. The van der Waals surface area contributed by atoms with E-state index in [-0.39, 0.29) is 24.2 Å². The summed E-state index contributed by atoms with van der Waals surface area (Å²) in [6.07, 6.45) is 4.47. The van der Waals surface area contributed by atoms with Crippen molar-refractivity contribution in [1.82, 2.24) is 10.3 Å². The lowest BCUT2D eigenvalue weighted by atomic mass is 9.91. The third-order valence-electron chi connectivity index (χ3n) is 5.26. The first-order chi connectivity index (χ1) is 13.2. The van der Waals surface area contributed by atoms with Gasteiger partial charge in [0.05, 0.1) is 17.7 Å². The van der Waals surface area contributed by atoms with Crippen LogP contribution < -0.4 is 5.32 Å². The number of hydrogen-bond acceptors (Lipinski definition) is 3. The molecule has 2 heterocycles. The third kappa shape index (κ3) is 3.86. The highest BCUT2D eigenvalue weighted by Crippen LogP contribution is 2.35. The predicted molar refractivity (Wildman–Crippen MR) is 107 cm³/mol. The molecule has 2 aromatic carbocycles. The van der Waals surface area contributed by atoms with Gasteiger partial charge in [-0.25, -0.2) is 0 Å². The molecular weight excluding hydrogens is 336 g/mol. The van der Waals surface area contributed by atoms with Crippen molar-refractivity contribution in [3.63, 3.8) is 0 Å². The van der Waals surface area contributed by atoms with Crippen molar-refractivity contribution in [2.24, 2.45) is 0 Å². The van der Waals surface area contributed by atoms with Crippen molar-refractivity contribution >= 4 is 16.8 Å². The summed E-state index contributed by atoms with van der Waals surface area (Å²) in [7, 11) is 0. The molecule has 1 aromatic heterocycles. The Labute approximate surface area is 159 Å². The van der Waals surface area contributed by atoms with Gasteiger partial charge in [-0.05, 0) is 49.1 Å². The van der Waals surface area contributed by atoms with E-state index in [0.717, 1.165) is 35.7 Å². The molecule has 0 radical (unpaired) electrons. The Morgan fingerprint density at radius 1 is 1.07 bits per heavy atom. The van der Waals surface area contributed by atoms with E-state index in [2.05, 4.69) is 23.3 Å². The monoisotopic (exact) mass is 360 g/mol. The highest BCUT2D eigenvalue weighted by molar-refractivity contribution is 5.94. The normalized spacial score (nSPS) is 22.5. The maximum absolute atomic E-state index is 12.6. The number of carbonyl (C=O) groups excluding carboxylic acids is 1. The molecule has 3 atom stereocenters. The summed E-state index contributed by atoms with van der Waals surface area (Å²) in [6.45, 7) is 2.13. The van der Waals surface area contributed by atoms with E-state index in [0.29, 0.717) is 5.56 Å². The molecule has 1 amide bonds. The molecule has 0 aliphatic carbocycles. The number of carbonyl (C=O) groups is 1. The Kier molecular flexibility index (Phi) is 5.16. The second-order valence-electron chi connectivity index (χ2n) is 7.08.